The van der Waals surface area contributed by atoms with E-state index in [1.807, 2.05) is 66.7 Å². The summed E-state index contributed by atoms with van der Waals surface area (Å²) in [6.45, 7) is 0.470. The Kier molecular flexibility index (Phi) is 5.27. The number of hydrogen-bond donors (Lipinski definition) is 0. The van der Waals surface area contributed by atoms with E-state index in [1.54, 1.807) is 0 Å². The van der Waals surface area contributed by atoms with Gasteiger partial charge >= 0.3 is 0 Å². The second kappa shape index (κ2) is 7.99. The lowest BCUT2D eigenvalue weighted by Crippen LogP contribution is -2.02. The number of hydrogen-bond acceptors (Lipinski definition) is 2. The van der Waals surface area contributed by atoms with Crippen molar-refractivity contribution in [1.29, 1.82) is 5.26 Å². The molecular weight excluding hydrogens is 294 g/mol. The summed E-state index contributed by atoms with van der Waals surface area (Å²) in [6, 6.07) is 28.4. The van der Waals surface area contributed by atoms with Crippen LogP contribution in [0.3, 0.4) is 0 Å². The summed E-state index contributed by atoms with van der Waals surface area (Å²) >= 11 is 0. The normalized spacial score (nSPS) is 10.1. The molecule has 2 nitrogen and oxygen atoms in total. The number of benzene rings is 3. The van der Waals surface area contributed by atoms with E-state index in [0.29, 0.717) is 17.9 Å². The molecule has 118 valence electrons. The fourth-order valence-corrected chi connectivity index (χ4v) is 2.69. The second-order valence-corrected chi connectivity index (χ2v) is 5.67. The summed E-state index contributed by atoms with van der Waals surface area (Å²) in [5.74, 6) is 0.708. The molecule has 24 heavy (non-hydrogen) atoms. The van der Waals surface area contributed by atoms with Gasteiger partial charge < -0.3 is 4.74 Å². The van der Waals surface area contributed by atoms with Gasteiger partial charge in [0.1, 0.15) is 18.4 Å². The standard InChI is InChI=1S/C22H19NO/c23-16-21-13-7-12-20(15-14-18-8-3-1-4-9-18)22(21)24-17-19-10-5-2-6-11-19/h1-13H,14-15,17H2. The summed E-state index contributed by atoms with van der Waals surface area (Å²) < 4.78 is 6.01. The molecular formula is C22H19NO. The van der Waals surface area contributed by atoms with Crippen LogP contribution >= 0.6 is 0 Å². The molecule has 2 heteroatoms. The van der Waals surface area contributed by atoms with E-state index in [9.17, 15) is 5.26 Å². The summed E-state index contributed by atoms with van der Waals surface area (Å²) in [4.78, 5) is 0. The maximum Gasteiger partial charge on any atom is 0.140 e. The highest BCUT2D eigenvalue weighted by molar-refractivity contribution is 5.49. The predicted molar refractivity (Wildman–Crippen MR) is 95.8 cm³/mol. The van der Waals surface area contributed by atoms with Gasteiger partial charge in [0.05, 0.1) is 5.56 Å². The van der Waals surface area contributed by atoms with Gasteiger partial charge in [0.25, 0.3) is 0 Å². The first-order chi connectivity index (χ1) is 11.9. The molecule has 0 unspecified atom stereocenters. The zero-order chi connectivity index (χ0) is 16.6. The lowest BCUT2D eigenvalue weighted by Gasteiger charge is -2.13. The van der Waals surface area contributed by atoms with Gasteiger partial charge in [-0.15, -0.1) is 0 Å². The van der Waals surface area contributed by atoms with Gasteiger partial charge in [-0.25, -0.2) is 0 Å². The van der Waals surface area contributed by atoms with Gasteiger partial charge in [-0.2, -0.15) is 5.26 Å². The Hall–Kier alpha value is -3.05. The Morgan fingerprint density at radius 3 is 2.04 bits per heavy atom. The minimum absolute atomic E-state index is 0.470. The van der Waals surface area contributed by atoms with E-state index in [1.165, 1.54) is 5.56 Å². The van der Waals surface area contributed by atoms with Gasteiger partial charge in [0.2, 0.25) is 0 Å². The molecule has 0 radical (unpaired) electrons. The van der Waals surface area contributed by atoms with E-state index >= 15 is 0 Å². The van der Waals surface area contributed by atoms with Crippen LogP contribution in [0.5, 0.6) is 5.75 Å². The molecule has 0 saturated heterocycles. The van der Waals surface area contributed by atoms with E-state index in [-0.39, 0.29) is 0 Å². The third-order valence-corrected chi connectivity index (χ3v) is 3.97. The van der Waals surface area contributed by atoms with Gasteiger partial charge in [0.15, 0.2) is 0 Å². The number of nitrogens with zero attached hydrogens (tertiary/aromatic N) is 1. The number of aryl methyl sites for hydroxylation is 2. The van der Waals surface area contributed by atoms with E-state index in [0.717, 1.165) is 24.0 Å². The van der Waals surface area contributed by atoms with Crippen LogP contribution < -0.4 is 4.74 Å². The van der Waals surface area contributed by atoms with Crippen LogP contribution in [0.2, 0.25) is 0 Å². The van der Waals surface area contributed by atoms with Crippen LogP contribution in [-0.4, -0.2) is 0 Å². The first kappa shape index (κ1) is 15.8. The highest BCUT2D eigenvalue weighted by atomic mass is 16.5. The number of rotatable bonds is 6. The average Bonchev–Trinajstić information content (AvgIpc) is 2.66. The summed E-state index contributed by atoms with van der Waals surface area (Å²) in [6.07, 6.45) is 1.78. The van der Waals surface area contributed by atoms with Crippen molar-refractivity contribution in [1.82, 2.24) is 0 Å². The summed E-state index contributed by atoms with van der Waals surface area (Å²) in [7, 11) is 0. The number of nitriles is 1. The third kappa shape index (κ3) is 4.02. The molecule has 0 fully saturated rings. The Morgan fingerprint density at radius 2 is 1.38 bits per heavy atom. The van der Waals surface area contributed by atoms with E-state index < -0.39 is 0 Å². The minimum Gasteiger partial charge on any atom is -0.487 e. The van der Waals surface area contributed by atoms with Crippen molar-refractivity contribution in [2.45, 2.75) is 19.4 Å². The Morgan fingerprint density at radius 1 is 0.708 bits per heavy atom. The Balaban J connectivity index is 1.77. The van der Waals surface area contributed by atoms with Crippen molar-refractivity contribution in [3.05, 3.63) is 101 Å². The van der Waals surface area contributed by atoms with Crippen LogP contribution in [0, 0.1) is 11.3 Å². The quantitative estimate of drug-likeness (QED) is 0.647. The van der Waals surface area contributed by atoms with Crippen molar-refractivity contribution in [3.63, 3.8) is 0 Å². The lowest BCUT2D eigenvalue weighted by molar-refractivity contribution is 0.302. The third-order valence-electron chi connectivity index (χ3n) is 3.97. The molecule has 0 atom stereocenters. The van der Waals surface area contributed by atoms with Crippen molar-refractivity contribution in [3.8, 4) is 11.8 Å². The van der Waals surface area contributed by atoms with Crippen molar-refractivity contribution >= 4 is 0 Å². The highest BCUT2D eigenvalue weighted by Gasteiger charge is 2.10. The predicted octanol–water partition coefficient (Wildman–Crippen LogP) is 4.92. The highest BCUT2D eigenvalue weighted by Crippen LogP contribution is 2.26. The van der Waals surface area contributed by atoms with Crippen LogP contribution in [-0.2, 0) is 19.4 Å². The summed E-state index contributed by atoms with van der Waals surface area (Å²) in [5, 5.41) is 9.40. The molecule has 0 spiro atoms. The molecule has 0 aliphatic carbocycles. The van der Waals surface area contributed by atoms with Crippen molar-refractivity contribution in [2.75, 3.05) is 0 Å². The molecule has 0 heterocycles. The maximum atomic E-state index is 9.40. The smallest absolute Gasteiger partial charge is 0.140 e. The zero-order valence-corrected chi connectivity index (χ0v) is 13.5. The number of ether oxygens (including phenoxy) is 1. The molecule has 3 aromatic carbocycles. The first-order valence-corrected chi connectivity index (χ1v) is 8.09. The first-order valence-electron chi connectivity index (χ1n) is 8.09. The average molecular weight is 313 g/mol. The van der Waals surface area contributed by atoms with Gasteiger partial charge in [0, 0.05) is 0 Å². The largest absolute Gasteiger partial charge is 0.487 e. The molecule has 3 rings (SSSR count). The summed E-state index contributed by atoms with van der Waals surface area (Å²) in [5.41, 5.74) is 4.05. The van der Waals surface area contributed by atoms with E-state index in [4.69, 9.17) is 4.74 Å². The van der Waals surface area contributed by atoms with Gasteiger partial charge in [-0.1, -0.05) is 72.8 Å². The fourth-order valence-electron chi connectivity index (χ4n) is 2.69. The monoisotopic (exact) mass is 313 g/mol. The lowest BCUT2D eigenvalue weighted by atomic mass is 10.0. The van der Waals surface area contributed by atoms with Gasteiger partial charge in [-0.05, 0) is 35.6 Å². The molecule has 0 saturated carbocycles. The molecule has 0 aliphatic heterocycles. The minimum atomic E-state index is 0.470. The Bertz CT molecular complexity index is 820. The molecule has 0 aromatic heterocycles. The van der Waals surface area contributed by atoms with E-state index in [2.05, 4.69) is 18.2 Å². The zero-order valence-electron chi connectivity index (χ0n) is 13.5. The Labute approximate surface area is 143 Å². The molecule has 0 bridgehead atoms. The molecule has 0 amide bonds. The van der Waals surface area contributed by atoms with Crippen molar-refractivity contribution < 1.29 is 4.74 Å². The second-order valence-electron chi connectivity index (χ2n) is 5.67. The van der Waals surface area contributed by atoms with Crippen LogP contribution in [0.4, 0.5) is 0 Å². The van der Waals surface area contributed by atoms with Crippen LogP contribution in [0.1, 0.15) is 22.3 Å². The van der Waals surface area contributed by atoms with Crippen LogP contribution in [0.15, 0.2) is 78.9 Å². The molecule has 0 aliphatic rings. The fraction of sp³-hybridized carbons (Fsp3) is 0.136. The van der Waals surface area contributed by atoms with Crippen molar-refractivity contribution in [2.24, 2.45) is 0 Å². The number of para-hydroxylation sites is 1. The molecule has 0 N–H and O–H groups in total. The van der Waals surface area contributed by atoms with Crippen LogP contribution in [0.25, 0.3) is 0 Å². The maximum absolute atomic E-state index is 9.40. The molecule has 3 aromatic rings. The van der Waals surface area contributed by atoms with Gasteiger partial charge in [-0.3, -0.25) is 0 Å². The topological polar surface area (TPSA) is 33.0 Å². The SMILES string of the molecule is N#Cc1cccc(CCc2ccccc2)c1OCc1ccccc1.